The highest BCUT2D eigenvalue weighted by molar-refractivity contribution is 9.10. The molecule has 0 saturated carbocycles. The van der Waals surface area contributed by atoms with Gasteiger partial charge in [0.15, 0.2) is 0 Å². The average Bonchev–Trinajstić information content (AvgIpc) is 2.15. The van der Waals surface area contributed by atoms with Crippen molar-refractivity contribution in [2.24, 2.45) is 0 Å². The maximum atomic E-state index is 3.49. The number of rotatable bonds is 3. The Kier molecular flexibility index (Phi) is 4.40. The van der Waals surface area contributed by atoms with Gasteiger partial charge in [-0.05, 0) is 49.1 Å². The van der Waals surface area contributed by atoms with Gasteiger partial charge in [-0.25, -0.2) is 0 Å². The maximum absolute atomic E-state index is 3.49. The highest BCUT2D eigenvalue weighted by atomic mass is 79.9. The molecule has 1 rings (SSSR count). The lowest BCUT2D eigenvalue weighted by Gasteiger charge is -2.09. The minimum absolute atomic E-state index is 1.16. The molecule has 0 nitrogen and oxygen atoms in total. The largest absolute Gasteiger partial charge is 0.0838 e. The van der Waals surface area contributed by atoms with Crippen LogP contribution in [0.15, 0.2) is 28.7 Å². The molecule has 14 heavy (non-hydrogen) atoms. The second-order valence-electron chi connectivity index (χ2n) is 3.52. The maximum Gasteiger partial charge on any atom is 0.0178 e. The van der Waals surface area contributed by atoms with Crippen LogP contribution in [0.1, 0.15) is 37.8 Å². The van der Waals surface area contributed by atoms with Gasteiger partial charge in [0.1, 0.15) is 0 Å². The topological polar surface area (TPSA) is 0 Å². The van der Waals surface area contributed by atoms with Crippen LogP contribution in [0.25, 0.3) is 5.57 Å². The number of halogens is 1. The quantitative estimate of drug-likeness (QED) is 0.714. The number of hydrogen-bond donors (Lipinski definition) is 0. The van der Waals surface area contributed by atoms with Crippen LogP contribution in [0.5, 0.6) is 0 Å². The van der Waals surface area contributed by atoms with Crippen LogP contribution >= 0.6 is 15.9 Å². The predicted octanol–water partition coefficient (Wildman–Crippen LogP) is 4.96. The summed E-state index contributed by atoms with van der Waals surface area (Å²) in [4.78, 5) is 0. The summed E-state index contributed by atoms with van der Waals surface area (Å²) in [5.41, 5.74) is 4.19. The monoisotopic (exact) mass is 252 g/mol. The second-order valence-corrected chi connectivity index (χ2v) is 4.44. The highest BCUT2D eigenvalue weighted by Crippen LogP contribution is 2.25. The summed E-state index contributed by atoms with van der Waals surface area (Å²) >= 11 is 3.49. The first-order valence-corrected chi connectivity index (χ1v) is 5.90. The third-order valence-corrected chi connectivity index (χ3v) is 2.90. The molecule has 1 aromatic carbocycles. The summed E-state index contributed by atoms with van der Waals surface area (Å²) in [6.07, 6.45) is 4.59. The normalized spacial score (nSPS) is 11.9. The van der Waals surface area contributed by atoms with Crippen molar-refractivity contribution in [3.63, 3.8) is 0 Å². The number of benzene rings is 1. The second kappa shape index (κ2) is 5.35. The third kappa shape index (κ3) is 2.71. The average molecular weight is 253 g/mol. The molecule has 0 aliphatic carbocycles. The third-order valence-electron chi connectivity index (χ3n) is 2.40. The van der Waals surface area contributed by atoms with E-state index in [1.165, 1.54) is 29.5 Å². The van der Waals surface area contributed by atoms with E-state index in [-0.39, 0.29) is 0 Å². The Morgan fingerprint density at radius 2 is 2.14 bits per heavy atom. The van der Waals surface area contributed by atoms with Crippen molar-refractivity contribution in [3.8, 4) is 0 Å². The van der Waals surface area contributed by atoms with Crippen LogP contribution in [-0.4, -0.2) is 0 Å². The molecule has 0 bridgehead atoms. The van der Waals surface area contributed by atoms with Crippen molar-refractivity contribution in [2.75, 3.05) is 0 Å². The van der Waals surface area contributed by atoms with Crippen LogP contribution in [-0.2, 0) is 0 Å². The van der Waals surface area contributed by atoms with Gasteiger partial charge in [0.05, 0.1) is 0 Å². The van der Waals surface area contributed by atoms with E-state index < -0.39 is 0 Å². The van der Waals surface area contributed by atoms with Gasteiger partial charge in [0.25, 0.3) is 0 Å². The minimum Gasteiger partial charge on any atom is -0.0838 e. The lowest BCUT2D eigenvalue weighted by atomic mass is 9.97. The van der Waals surface area contributed by atoms with Crippen LogP contribution in [0.4, 0.5) is 0 Å². The summed E-state index contributed by atoms with van der Waals surface area (Å²) < 4.78 is 1.16. The molecule has 0 N–H and O–H groups in total. The minimum atomic E-state index is 1.16. The highest BCUT2D eigenvalue weighted by Gasteiger charge is 2.03. The molecule has 0 fully saturated rings. The van der Waals surface area contributed by atoms with Gasteiger partial charge in [-0.15, -0.1) is 0 Å². The zero-order valence-electron chi connectivity index (χ0n) is 9.10. The van der Waals surface area contributed by atoms with Gasteiger partial charge in [-0.3, -0.25) is 0 Å². The zero-order valence-corrected chi connectivity index (χ0v) is 10.7. The smallest absolute Gasteiger partial charge is 0.0178 e. The molecular formula is C13H17Br. The fourth-order valence-electron chi connectivity index (χ4n) is 1.69. The molecule has 0 radical (unpaired) electrons. The van der Waals surface area contributed by atoms with Crippen LogP contribution in [0, 0.1) is 6.92 Å². The molecule has 0 aliphatic rings. The van der Waals surface area contributed by atoms with Crippen molar-refractivity contribution in [1.82, 2.24) is 0 Å². The fraction of sp³-hybridized carbons (Fsp3) is 0.385. The molecule has 0 amide bonds. The van der Waals surface area contributed by atoms with Gasteiger partial charge in [-0.1, -0.05) is 41.4 Å². The van der Waals surface area contributed by atoms with Gasteiger partial charge in [0, 0.05) is 4.47 Å². The molecule has 76 valence electrons. The molecule has 1 aromatic rings. The SMILES string of the molecule is C/C=C(/CCC)c1ccc(Br)cc1C. The Labute approximate surface area is 95.2 Å². The molecular weight excluding hydrogens is 236 g/mol. The van der Waals surface area contributed by atoms with E-state index in [9.17, 15) is 0 Å². The molecule has 1 heteroatoms. The van der Waals surface area contributed by atoms with E-state index in [4.69, 9.17) is 0 Å². The molecule has 0 saturated heterocycles. The first-order chi connectivity index (χ1) is 6.69. The lowest BCUT2D eigenvalue weighted by Crippen LogP contribution is -1.88. The summed E-state index contributed by atoms with van der Waals surface area (Å²) in [5, 5.41) is 0. The summed E-state index contributed by atoms with van der Waals surface area (Å²) in [7, 11) is 0. The lowest BCUT2D eigenvalue weighted by molar-refractivity contribution is 0.970. The molecule has 0 unspecified atom stereocenters. The zero-order chi connectivity index (χ0) is 10.6. The van der Waals surface area contributed by atoms with Crippen molar-refractivity contribution in [1.29, 1.82) is 0 Å². The Balaban J connectivity index is 3.05. The molecule has 0 aliphatic heterocycles. The Bertz CT molecular complexity index is 337. The van der Waals surface area contributed by atoms with E-state index in [1.54, 1.807) is 0 Å². The molecule has 0 aromatic heterocycles. The van der Waals surface area contributed by atoms with E-state index in [0.29, 0.717) is 0 Å². The first kappa shape index (κ1) is 11.5. The van der Waals surface area contributed by atoms with E-state index in [1.807, 2.05) is 0 Å². The van der Waals surface area contributed by atoms with E-state index >= 15 is 0 Å². The van der Waals surface area contributed by atoms with Gasteiger partial charge >= 0.3 is 0 Å². The number of allylic oxidation sites excluding steroid dienone is 2. The van der Waals surface area contributed by atoms with Crippen molar-refractivity contribution in [3.05, 3.63) is 39.9 Å². The van der Waals surface area contributed by atoms with E-state index in [0.717, 1.165) is 4.47 Å². The number of aryl methyl sites for hydroxylation is 1. The van der Waals surface area contributed by atoms with Crippen LogP contribution in [0.2, 0.25) is 0 Å². The Morgan fingerprint density at radius 3 is 2.64 bits per heavy atom. The van der Waals surface area contributed by atoms with Crippen LogP contribution in [0.3, 0.4) is 0 Å². The Hall–Kier alpha value is -0.560. The van der Waals surface area contributed by atoms with Crippen molar-refractivity contribution >= 4 is 21.5 Å². The van der Waals surface area contributed by atoms with E-state index in [2.05, 4.69) is 61.0 Å². The summed E-state index contributed by atoms with van der Waals surface area (Å²) in [6.45, 7) is 6.50. The van der Waals surface area contributed by atoms with Crippen molar-refractivity contribution < 1.29 is 0 Å². The van der Waals surface area contributed by atoms with Crippen molar-refractivity contribution in [2.45, 2.75) is 33.6 Å². The van der Waals surface area contributed by atoms with Gasteiger partial charge in [-0.2, -0.15) is 0 Å². The summed E-state index contributed by atoms with van der Waals surface area (Å²) in [5.74, 6) is 0. The molecule has 0 atom stereocenters. The standard InChI is InChI=1S/C13H17Br/c1-4-6-11(5-2)13-8-7-12(14)9-10(13)3/h5,7-9H,4,6H2,1-3H3/b11-5-. The molecule has 0 heterocycles. The fourth-order valence-corrected chi connectivity index (χ4v) is 2.17. The van der Waals surface area contributed by atoms with Gasteiger partial charge in [0.2, 0.25) is 0 Å². The first-order valence-electron chi connectivity index (χ1n) is 5.10. The molecule has 0 spiro atoms. The Morgan fingerprint density at radius 1 is 1.43 bits per heavy atom. The summed E-state index contributed by atoms with van der Waals surface area (Å²) in [6, 6.07) is 6.49. The number of hydrogen-bond acceptors (Lipinski definition) is 0. The predicted molar refractivity (Wildman–Crippen MR) is 67.4 cm³/mol. The van der Waals surface area contributed by atoms with Crippen LogP contribution < -0.4 is 0 Å². The van der Waals surface area contributed by atoms with Gasteiger partial charge < -0.3 is 0 Å².